The summed E-state index contributed by atoms with van der Waals surface area (Å²) in [7, 11) is 0. The SMILES string of the molecule is CC(CO)NCc1cc(-c2cccs2)cs1. The van der Waals surface area contributed by atoms with Crippen LogP contribution in [-0.4, -0.2) is 17.8 Å². The zero-order valence-electron chi connectivity index (χ0n) is 9.14. The van der Waals surface area contributed by atoms with E-state index in [0.717, 1.165) is 6.54 Å². The van der Waals surface area contributed by atoms with E-state index in [9.17, 15) is 0 Å². The van der Waals surface area contributed by atoms with Crippen molar-refractivity contribution in [1.29, 1.82) is 0 Å². The second-order valence-electron chi connectivity index (χ2n) is 3.74. The van der Waals surface area contributed by atoms with E-state index in [0.29, 0.717) is 0 Å². The van der Waals surface area contributed by atoms with Crippen molar-refractivity contribution in [2.24, 2.45) is 0 Å². The molecule has 2 rings (SSSR count). The van der Waals surface area contributed by atoms with Crippen LogP contribution >= 0.6 is 22.7 Å². The molecule has 0 spiro atoms. The Balaban J connectivity index is 1.98. The number of nitrogens with one attached hydrogen (secondary N) is 1. The standard InChI is InChI=1S/C12H15NOS2/c1-9(7-14)13-6-11-5-10(8-16-11)12-3-2-4-15-12/h2-5,8-9,13-14H,6-7H2,1H3. The van der Waals surface area contributed by atoms with E-state index < -0.39 is 0 Å². The molecule has 0 bridgehead atoms. The zero-order chi connectivity index (χ0) is 11.4. The van der Waals surface area contributed by atoms with Gasteiger partial charge in [-0.25, -0.2) is 0 Å². The number of hydrogen-bond donors (Lipinski definition) is 2. The summed E-state index contributed by atoms with van der Waals surface area (Å²) in [5.41, 5.74) is 1.30. The van der Waals surface area contributed by atoms with Gasteiger partial charge in [0.15, 0.2) is 0 Å². The van der Waals surface area contributed by atoms with Crippen molar-refractivity contribution >= 4 is 22.7 Å². The van der Waals surface area contributed by atoms with E-state index >= 15 is 0 Å². The number of aliphatic hydroxyl groups excluding tert-OH is 1. The van der Waals surface area contributed by atoms with Gasteiger partial charge in [-0.2, -0.15) is 0 Å². The first kappa shape index (κ1) is 11.8. The van der Waals surface area contributed by atoms with Gasteiger partial charge in [-0.1, -0.05) is 6.07 Å². The van der Waals surface area contributed by atoms with Crippen LogP contribution in [0.25, 0.3) is 10.4 Å². The maximum absolute atomic E-state index is 8.91. The Morgan fingerprint density at radius 2 is 2.31 bits per heavy atom. The van der Waals surface area contributed by atoms with Gasteiger partial charge in [0.25, 0.3) is 0 Å². The van der Waals surface area contributed by atoms with Crippen LogP contribution in [0.1, 0.15) is 11.8 Å². The average molecular weight is 253 g/mol. The fraction of sp³-hybridized carbons (Fsp3) is 0.333. The molecule has 0 radical (unpaired) electrons. The van der Waals surface area contributed by atoms with Crippen LogP contribution in [-0.2, 0) is 6.54 Å². The van der Waals surface area contributed by atoms with Gasteiger partial charge in [0.2, 0.25) is 0 Å². The zero-order valence-corrected chi connectivity index (χ0v) is 10.8. The van der Waals surface area contributed by atoms with E-state index in [1.165, 1.54) is 15.3 Å². The van der Waals surface area contributed by atoms with Crippen molar-refractivity contribution in [1.82, 2.24) is 5.32 Å². The van der Waals surface area contributed by atoms with E-state index in [4.69, 9.17) is 5.11 Å². The quantitative estimate of drug-likeness (QED) is 0.858. The van der Waals surface area contributed by atoms with Gasteiger partial charge in [0, 0.05) is 27.9 Å². The molecule has 0 amide bonds. The van der Waals surface area contributed by atoms with Crippen LogP contribution in [0.4, 0.5) is 0 Å². The van der Waals surface area contributed by atoms with Gasteiger partial charge < -0.3 is 10.4 Å². The van der Waals surface area contributed by atoms with Crippen LogP contribution in [0.3, 0.4) is 0 Å². The summed E-state index contributed by atoms with van der Waals surface area (Å²) in [4.78, 5) is 2.63. The molecule has 2 nitrogen and oxygen atoms in total. The number of aliphatic hydroxyl groups is 1. The monoisotopic (exact) mass is 253 g/mol. The maximum atomic E-state index is 8.91. The molecule has 0 fully saturated rings. The number of thiophene rings is 2. The summed E-state index contributed by atoms with van der Waals surface area (Å²) >= 11 is 3.53. The summed E-state index contributed by atoms with van der Waals surface area (Å²) in [6, 6.07) is 6.59. The largest absolute Gasteiger partial charge is 0.395 e. The molecule has 1 unspecified atom stereocenters. The third-order valence-corrected chi connectivity index (χ3v) is 4.21. The third kappa shape index (κ3) is 2.92. The first-order valence-electron chi connectivity index (χ1n) is 5.25. The van der Waals surface area contributed by atoms with Crippen molar-refractivity contribution in [2.45, 2.75) is 19.5 Å². The van der Waals surface area contributed by atoms with Gasteiger partial charge >= 0.3 is 0 Å². The van der Waals surface area contributed by atoms with E-state index in [1.807, 2.05) is 6.92 Å². The fourth-order valence-electron chi connectivity index (χ4n) is 1.38. The lowest BCUT2D eigenvalue weighted by atomic mass is 10.2. The smallest absolute Gasteiger partial charge is 0.0582 e. The lowest BCUT2D eigenvalue weighted by Gasteiger charge is -2.08. The Kier molecular flexibility index (Phi) is 4.12. The Bertz CT molecular complexity index is 422. The van der Waals surface area contributed by atoms with Gasteiger partial charge in [0.05, 0.1) is 6.61 Å². The van der Waals surface area contributed by atoms with Crippen molar-refractivity contribution in [3.8, 4) is 10.4 Å². The summed E-state index contributed by atoms with van der Waals surface area (Å²) in [5.74, 6) is 0. The highest BCUT2D eigenvalue weighted by Gasteiger charge is 2.04. The van der Waals surface area contributed by atoms with Crippen LogP contribution < -0.4 is 5.32 Å². The molecule has 2 aromatic rings. The second-order valence-corrected chi connectivity index (χ2v) is 5.69. The topological polar surface area (TPSA) is 32.3 Å². The minimum atomic E-state index is 0.160. The Morgan fingerprint density at radius 1 is 1.44 bits per heavy atom. The first-order valence-corrected chi connectivity index (χ1v) is 7.01. The molecule has 2 aromatic heterocycles. The van der Waals surface area contributed by atoms with Crippen molar-refractivity contribution in [2.75, 3.05) is 6.61 Å². The van der Waals surface area contributed by atoms with Crippen molar-refractivity contribution < 1.29 is 5.11 Å². The molecule has 0 aromatic carbocycles. The Morgan fingerprint density at radius 3 is 3.00 bits per heavy atom. The molecule has 0 aliphatic heterocycles. The predicted octanol–water partition coefficient (Wildman–Crippen LogP) is 2.95. The molecule has 0 aliphatic rings. The van der Waals surface area contributed by atoms with Crippen LogP contribution in [0.2, 0.25) is 0 Å². The lowest BCUT2D eigenvalue weighted by Crippen LogP contribution is -2.28. The molecule has 2 heterocycles. The summed E-state index contributed by atoms with van der Waals surface area (Å²) < 4.78 is 0. The van der Waals surface area contributed by atoms with E-state index in [2.05, 4.69) is 34.3 Å². The van der Waals surface area contributed by atoms with Crippen LogP contribution in [0, 0.1) is 0 Å². The van der Waals surface area contributed by atoms with Crippen LogP contribution in [0.5, 0.6) is 0 Å². The van der Waals surface area contributed by atoms with Gasteiger partial charge in [-0.15, -0.1) is 22.7 Å². The Hall–Kier alpha value is -0.680. The fourth-order valence-corrected chi connectivity index (χ4v) is 3.01. The molecule has 1 atom stereocenters. The molecule has 0 saturated carbocycles. The van der Waals surface area contributed by atoms with Gasteiger partial charge in [-0.3, -0.25) is 0 Å². The molecule has 4 heteroatoms. The Labute approximate surface area is 104 Å². The average Bonchev–Trinajstić information content (AvgIpc) is 2.95. The molecule has 2 N–H and O–H groups in total. The summed E-state index contributed by atoms with van der Waals surface area (Å²) in [6.07, 6.45) is 0. The van der Waals surface area contributed by atoms with E-state index in [-0.39, 0.29) is 12.6 Å². The molecular weight excluding hydrogens is 238 g/mol. The highest BCUT2D eigenvalue weighted by Crippen LogP contribution is 2.29. The predicted molar refractivity (Wildman–Crippen MR) is 71.0 cm³/mol. The minimum absolute atomic E-state index is 0.160. The molecular formula is C12H15NOS2. The molecule has 0 saturated heterocycles. The van der Waals surface area contributed by atoms with Gasteiger partial charge in [-0.05, 0) is 29.8 Å². The first-order chi connectivity index (χ1) is 7.79. The summed E-state index contributed by atoms with van der Waals surface area (Å²) in [5, 5.41) is 16.5. The minimum Gasteiger partial charge on any atom is -0.395 e. The highest BCUT2D eigenvalue weighted by atomic mass is 32.1. The molecule has 86 valence electrons. The lowest BCUT2D eigenvalue weighted by molar-refractivity contribution is 0.251. The van der Waals surface area contributed by atoms with E-state index in [1.54, 1.807) is 22.7 Å². The van der Waals surface area contributed by atoms with Gasteiger partial charge in [0.1, 0.15) is 0 Å². The van der Waals surface area contributed by atoms with Crippen LogP contribution in [0.15, 0.2) is 29.0 Å². The van der Waals surface area contributed by atoms with Crippen molar-refractivity contribution in [3.05, 3.63) is 33.8 Å². The molecule has 16 heavy (non-hydrogen) atoms. The van der Waals surface area contributed by atoms with Crippen molar-refractivity contribution in [3.63, 3.8) is 0 Å². The maximum Gasteiger partial charge on any atom is 0.0582 e. The highest BCUT2D eigenvalue weighted by molar-refractivity contribution is 7.14. The summed E-state index contributed by atoms with van der Waals surface area (Å²) in [6.45, 7) is 2.99. The normalized spacial score (nSPS) is 12.9. The molecule has 0 aliphatic carbocycles. The number of hydrogen-bond acceptors (Lipinski definition) is 4. The number of rotatable bonds is 5. The second kappa shape index (κ2) is 5.59. The third-order valence-electron chi connectivity index (χ3n) is 2.36.